The number of hydrogen-bond donors (Lipinski definition) is 1. The Bertz CT molecular complexity index is 781. The minimum absolute atomic E-state index is 0.0422. The Labute approximate surface area is 140 Å². The minimum atomic E-state index is -0.0422. The highest BCUT2D eigenvalue weighted by Gasteiger charge is 2.05. The van der Waals surface area contributed by atoms with Crippen LogP contribution in [0.3, 0.4) is 0 Å². The van der Waals surface area contributed by atoms with Crippen molar-refractivity contribution < 1.29 is 9.53 Å². The molecule has 1 amide bonds. The number of pyridine rings is 1. The van der Waals surface area contributed by atoms with Crippen LogP contribution in [-0.4, -0.2) is 27.8 Å². The number of aromatic nitrogens is 3. The van der Waals surface area contributed by atoms with Crippen molar-refractivity contribution in [3.05, 3.63) is 66.6 Å². The Hall–Kier alpha value is -3.15. The summed E-state index contributed by atoms with van der Waals surface area (Å²) in [6.45, 7) is 0. The molecule has 6 nitrogen and oxygen atoms in total. The minimum Gasteiger partial charge on any atom is -0.497 e. The Morgan fingerprint density at radius 3 is 2.67 bits per heavy atom. The van der Waals surface area contributed by atoms with Crippen LogP contribution in [0.25, 0.3) is 5.82 Å². The van der Waals surface area contributed by atoms with E-state index in [0.29, 0.717) is 24.3 Å². The maximum Gasteiger partial charge on any atom is 0.224 e. The normalized spacial score (nSPS) is 10.4. The lowest BCUT2D eigenvalue weighted by atomic mass is 10.1. The van der Waals surface area contributed by atoms with E-state index in [1.54, 1.807) is 24.2 Å². The first-order valence-electron chi connectivity index (χ1n) is 7.63. The van der Waals surface area contributed by atoms with Gasteiger partial charge >= 0.3 is 0 Å². The Kier molecular flexibility index (Phi) is 4.86. The van der Waals surface area contributed by atoms with Crippen molar-refractivity contribution in [2.75, 3.05) is 12.4 Å². The molecule has 0 fully saturated rings. The van der Waals surface area contributed by atoms with Crippen LogP contribution in [0.2, 0.25) is 0 Å². The fourth-order valence-corrected chi connectivity index (χ4v) is 2.27. The van der Waals surface area contributed by atoms with Gasteiger partial charge in [0.05, 0.1) is 19.0 Å². The van der Waals surface area contributed by atoms with Crippen LogP contribution in [0.15, 0.2) is 61.1 Å². The number of nitrogens with one attached hydrogen (secondary N) is 1. The monoisotopic (exact) mass is 322 g/mol. The van der Waals surface area contributed by atoms with Gasteiger partial charge in [-0.05, 0) is 42.3 Å². The SMILES string of the molecule is COc1ccc(CCC(=O)Nc2ccc(-n3cccn3)nc2)cc1. The molecule has 122 valence electrons. The van der Waals surface area contributed by atoms with Crippen molar-refractivity contribution in [3.63, 3.8) is 0 Å². The molecule has 0 saturated carbocycles. The summed E-state index contributed by atoms with van der Waals surface area (Å²) in [5.74, 6) is 1.47. The molecule has 0 spiro atoms. The van der Waals surface area contributed by atoms with E-state index >= 15 is 0 Å². The average molecular weight is 322 g/mol. The van der Waals surface area contributed by atoms with Crippen LogP contribution in [0.1, 0.15) is 12.0 Å². The van der Waals surface area contributed by atoms with E-state index in [-0.39, 0.29) is 5.91 Å². The van der Waals surface area contributed by atoms with Crippen LogP contribution in [-0.2, 0) is 11.2 Å². The van der Waals surface area contributed by atoms with Gasteiger partial charge in [-0.3, -0.25) is 4.79 Å². The summed E-state index contributed by atoms with van der Waals surface area (Å²) in [6.07, 6.45) is 6.22. The van der Waals surface area contributed by atoms with Gasteiger partial charge in [0.2, 0.25) is 5.91 Å². The molecule has 3 rings (SSSR count). The number of anilines is 1. The smallest absolute Gasteiger partial charge is 0.224 e. The predicted octanol–water partition coefficient (Wildman–Crippen LogP) is 2.85. The van der Waals surface area contributed by atoms with E-state index in [4.69, 9.17) is 4.74 Å². The molecule has 24 heavy (non-hydrogen) atoms. The Morgan fingerprint density at radius 2 is 2.04 bits per heavy atom. The number of methoxy groups -OCH3 is 1. The van der Waals surface area contributed by atoms with Crippen molar-refractivity contribution in [2.45, 2.75) is 12.8 Å². The second-order valence-corrected chi connectivity index (χ2v) is 5.25. The van der Waals surface area contributed by atoms with Crippen LogP contribution in [0.4, 0.5) is 5.69 Å². The van der Waals surface area contributed by atoms with E-state index in [1.807, 2.05) is 48.7 Å². The first-order chi connectivity index (χ1) is 11.7. The van der Waals surface area contributed by atoms with Gasteiger partial charge in [0.25, 0.3) is 0 Å². The first kappa shape index (κ1) is 15.7. The fourth-order valence-electron chi connectivity index (χ4n) is 2.27. The van der Waals surface area contributed by atoms with E-state index in [1.165, 1.54) is 0 Å². The number of benzene rings is 1. The molecule has 6 heteroatoms. The zero-order chi connectivity index (χ0) is 16.8. The average Bonchev–Trinajstić information content (AvgIpc) is 3.16. The third kappa shape index (κ3) is 3.98. The maximum absolute atomic E-state index is 12.0. The summed E-state index contributed by atoms with van der Waals surface area (Å²) < 4.78 is 6.78. The van der Waals surface area contributed by atoms with Crippen molar-refractivity contribution >= 4 is 11.6 Å². The van der Waals surface area contributed by atoms with Crippen LogP contribution < -0.4 is 10.1 Å². The summed E-state index contributed by atoms with van der Waals surface area (Å²) >= 11 is 0. The molecule has 3 aromatic rings. The lowest BCUT2D eigenvalue weighted by Gasteiger charge is -2.07. The number of ether oxygens (including phenoxy) is 1. The number of rotatable bonds is 6. The molecule has 0 unspecified atom stereocenters. The molecule has 2 aromatic heterocycles. The highest BCUT2D eigenvalue weighted by molar-refractivity contribution is 5.90. The quantitative estimate of drug-likeness (QED) is 0.757. The summed E-state index contributed by atoms with van der Waals surface area (Å²) in [7, 11) is 1.63. The molecule has 0 aliphatic carbocycles. The largest absolute Gasteiger partial charge is 0.497 e. The molecular formula is C18H18N4O2. The van der Waals surface area contributed by atoms with Crippen molar-refractivity contribution in [3.8, 4) is 11.6 Å². The Morgan fingerprint density at radius 1 is 1.21 bits per heavy atom. The summed E-state index contributed by atoms with van der Waals surface area (Å²) in [5.41, 5.74) is 1.77. The van der Waals surface area contributed by atoms with Crippen molar-refractivity contribution in [1.82, 2.24) is 14.8 Å². The maximum atomic E-state index is 12.0. The van der Waals surface area contributed by atoms with Crippen LogP contribution in [0, 0.1) is 0 Å². The number of amides is 1. The van der Waals surface area contributed by atoms with Gasteiger partial charge in [0, 0.05) is 18.8 Å². The molecule has 0 atom stereocenters. The van der Waals surface area contributed by atoms with Crippen molar-refractivity contribution in [1.29, 1.82) is 0 Å². The standard InChI is InChI=1S/C18H18N4O2/c1-24-16-7-3-14(4-8-16)5-10-18(23)21-15-6-9-17(19-13-15)22-12-2-11-20-22/h2-4,6-9,11-13H,5,10H2,1H3,(H,21,23). The second-order valence-electron chi connectivity index (χ2n) is 5.25. The van der Waals surface area contributed by atoms with E-state index in [9.17, 15) is 4.79 Å². The molecular weight excluding hydrogens is 304 g/mol. The lowest BCUT2D eigenvalue weighted by Crippen LogP contribution is -2.12. The number of carbonyl (C=O) groups excluding carboxylic acids is 1. The predicted molar refractivity (Wildman–Crippen MR) is 91.3 cm³/mol. The molecule has 2 heterocycles. The summed E-state index contributed by atoms with van der Waals surface area (Å²) in [4.78, 5) is 16.3. The molecule has 1 aromatic carbocycles. The van der Waals surface area contributed by atoms with Gasteiger partial charge < -0.3 is 10.1 Å². The molecule has 1 N–H and O–H groups in total. The van der Waals surface area contributed by atoms with Gasteiger partial charge in [-0.25, -0.2) is 9.67 Å². The fraction of sp³-hybridized carbons (Fsp3) is 0.167. The van der Waals surface area contributed by atoms with Gasteiger partial charge in [0.1, 0.15) is 5.75 Å². The van der Waals surface area contributed by atoms with Gasteiger partial charge in [0.15, 0.2) is 5.82 Å². The number of nitrogens with zero attached hydrogens (tertiary/aromatic N) is 3. The molecule has 0 aliphatic rings. The van der Waals surface area contributed by atoms with Gasteiger partial charge in [-0.1, -0.05) is 12.1 Å². The second kappa shape index (κ2) is 7.41. The lowest BCUT2D eigenvalue weighted by molar-refractivity contribution is -0.116. The summed E-state index contributed by atoms with van der Waals surface area (Å²) in [6, 6.07) is 13.2. The topological polar surface area (TPSA) is 69.0 Å². The third-order valence-corrected chi connectivity index (χ3v) is 3.57. The molecule has 0 bridgehead atoms. The zero-order valence-corrected chi connectivity index (χ0v) is 13.3. The molecule has 0 radical (unpaired) electrons. The van der Waals surface area contributed by atoms with Crippen LogP contribution >= 0.6 is 0 Å². The van der Waals surface area contributed by atoms with E-state index < -0.39 is 0 Å². The third-order valence-electron chi connectivity index (χ3n) is 3.57. The van der Waals surface area contributed by atoms with Gasteiger partial charge in [-0.15, -0.1) is 0 Å². The Balaban J connectivity index is 1.52. The van der Waals surface area contributed by atoms with Gasteiger partial charge in [-0.2, -0.15) is 5.10 Å². The zero-order valence-electron chi connectivity index (χ0n) is 13.3. The molecule has 0 aliphatic heterocycles. The van der Waals surface area contributed by atoms with E-state index in [0.717, 1.165) is 11.3 Å². The molecule has 0 saturated heterocycles. The highest BCUT2D eigenvalue weighted by atomic mass is 16.5. The number of aryl methyl sites for hydroxylation is 1. The van der Waals surface area contributed by atoms with Crippen molar-refractivity contribution in [2.24, 2.45) is 0 Å². The number of carbonyl (C=O) groups is 1. The van der Waals surface area contributed by atoms with Crippen LogP contribution in [0.5, 0.6) is 5.75 Å². The highest BCUT2D eigenvalue weighted by Crippen LogP contribution is 2.13. The number of hydrogen-bond acceptors (Lipinski definition) is 4. The van der Waals surface area contributed by atoms with E-state index in [2.05, 4.69) is 15.4 Å². The summed E-state index contributed by atoms with van der Waals surface area (Å²) in [5, 5.41) is 6.96. The first-order valence-corrected chi connectivity index (χ1v) is 7.63.